The van der Waals surface area contributed by atoms with E-state index in [0.717, 1.165) is 11.1 Å². The monoisotopic (exact) mass is 506 g/mol. The van der Waals surface area contributed by atoms with Gasteiger partial charge in [0.2, 0.25) is 5.91 Å². The third-order valence-electron chi connectivity index (χ3n) is 4.74. The summed E-state index contributed by atoms with van der Waals surface area (Å²) in [6, 6.07) is 13.4. The van der Waals surface area contributed by atoms with E-state index in [1.54, 1.807) is 18.1 Å². The van der Waals surface area contributed by atoms with Crippen molar-refractivity contribution in [3.8, 4) is 11.3 Å². The summed E-state index contributed by atoms with van der Waals surface area (Å²) >= 11 is 3.31. The fourth-order valence-electron chi connectivity index (χ4n) is 3.06. The van der Waals surface area contributed by atoms with E-state index in [2.05, 4.69) is 21.1 Å². The smallest absolute Gasteiger partial charge is 0.249 e. The molecule has 0 aliphatic rings. The van der Waals surface area contributed by atoms with E-state index in [4.69, 9.17) is 23.2 Å². The van der Waals surface area contributed by atoms with Gasteiger partial charge in [-0.2, -0.15) is 0 Å². The quantitative estimate of drug-likeness (QED) is 0.320. The van der Waals surface area contributed by atoms with Gasteiger partial charge >= 0.3 is 0 Å². The summed E-state index contributed by atoms with van der Waals surface area (Å²) in [6.07, 6.45) is 0. The van der Waals surface area contributed by atoms with E-state index in [1.807, 2.05) is 43.3 Å². The number of methoxy groups -OCH3 is 1. The molecule has 0 aliphatic heterocycles. The first-order valence-corrected chi connectivity index (χ1v) is 11.0. The van der Waals surface area contributed by atoms with Gasteiger partial charge in [-0.05, 0) is 35.0 Å². The molecule has 0 atom stereocenters. The highest BCUT2D eigenvalue weighted by Gasteiger charge is 2.22. The van der Waals surface area contributed by atoms with Crippen LogP contribution in [0.25, 0.3) is 11.3 Å². The summed E-state index contributed by atoms with van der Waals surface area (Å²) in [7, 11) is 1.62. The molecule has 2 heterocycles. The van der Waals surface area contributed by atoms with Gasteiger partial charge in [-0.25, -0.2) is 0 Å². The van der Waals surface area contributed by atoms with Crippen LogP contribution in [0.2, 0.25) is 0 Å². The molecule has 0 bridgehead atoms. The fraction of sp³-hybridized carbons (Fsp3) is 0.391. The maximum Gasteiger partial charge on any atom is 0.249 e. The topological polar surface area (TPSA) is 87.2 Å². The van der Waals surface area contributed by atoms with Gasteiger partial charge in [-0.3, -0.25) is 4.79 Å². The molecule has 0 saturated heterocycles. The van der Waals surface area contributed by atoms with Gasteiger partial charge in [0.05, 0.1) is 39.5 Å². The molecule has 8 nitrogen and oxygen atoms in total. The van der Waals surface area contributed by atoms with Crippen LogP contribution < -0.4 is 0 Å². The molecule has 1 aromatic carbocycles. The van der Waals surface area contributed by atoms with Crippen molar-refractivity contribution in [2.75, 3.05) is 40.1 Å². The zero-order valence-corrected chi connectivity index (χ0v) is 19.8. The molecule has 172 valence electrons. The van der Waals surface area contributed by atoms with Gasteiger partial charge < -0.3 is 28.1 Å². The van der Waals surface area contributed by atoms with Crippen LogP contribution in [0.15, 0.2) is 56.1 Å². The molecule has 32 heavy (non-hydrogen) atoms. The molecule has 1 amide bonds. The van der Waals surface area contributed by atoms with Crippen molar-refractivity contribution >= 4 is 21.8 Å². The van der Waals surface area contributed by atoms with E-state index in [-0.39, 0.29) is 19.1 Å². The zero-order chi connectivity index (χ0) is 22.8. The number of aryl methyl sites for hydroxylation is 1. The van der Waals surface area contributed by atoms with E-state index in [1.165, 1.54) is 0 Å². The minimum atomic E-state index is -0.172. The van der Waals surface area contributed by atoms with Crippen molar-refractivity contribution in [3.63, 3.8) is 0 Å². The number of hydrogen-bond donors (Lipinski definition) is 0. The first-order valence-electron chi connectivity index (χ1n) is 10.3. The maximum absolute atomic E-state index is 13.0. The molecule has 3 rings (SSSR count). The second-order valence-corrected chi connectivity index (χ2v) is 7.83. The summed E-state index contributed by atoms with van der Waals surface area (Å²) in [4.78, 5) is 14.7. The average molecular weight is 507 g/mol. The van der Waals surface area contributed by atoms with Gasteiger partial charge in [0.1, 0.15) is 23.8 Å². The minimum Gasteiger partial charge on any atom is -0.452 e. The summed E-state index contributed by atoms with van der Waals surface area (Å²) in [6.45, 7) is 4.09. The predicted molar refractivity (Wildman–Crippen MR) is 121 cm³/mol. The third kappa shape index (κ3) is 7.03. The first-order chi connectivity index (χ1) is 15.6. The molecule has 0 radical (unpaired) electrons. The van der Waals surface area contributed by atoms with Crippen LogP contribution in [0.3, 0.4) is 0 Å². The SMILES string of the molecule is COCCOCCOCC(=O)N(Cc1ccc(Br)o1)Cc1c(-c2ccccc2)noc1C. The largest absolute Gasteiger partial charge is 0.452 e. The van der Waals surface area contributed by atoms with Crippen molar-refractivity contribution in [2.24, 2.45) is 0 Å². The van der Waals surface area contributed by atoms with Crippen molar-refractivity contribution in [1.82, 2.24) is 10.1 Å². The zero-order valence-electron chi connectivity index (χ0n) is 18.2. The van der Waals surface area contributed by atoms with E-state index in [9.17, 15) is 4.79 Å². The summed E-state index contributed by atoms with van der Waals surface area (Å²) in [5.74, 6) is 1.15. The second kappa shape index (κ2) is 12.5. The van der Waals surface area contributed by atoms with Crippen molar-refractivity contribution in [3.05, 3.63) is 64.2 Å². The molecular weight excluding hydrogens is 480 g/mol. The Morgan fingerprint density at radius 3 is 2.50 bits per heavy atom. The van der Waals surface area contributed by atoms with Crippen LogP contribution in [-0.2, 0) is 32.1 Å². The molecule has 0 fully saturated rings. The van der Waals surface area contributed by atoms with Crippen molar-refractivity contribution < 1.29 is 27.9 Å². The fourth-order valence-corrected chi connectivity index (χ4v) is 3.40. The summed E-state index contributed by atoms with van der Waals surface area (Å²) in [5.41, 5.74) is 2.49. The lowest BCUT2D eigenvalue weighted by atomic mass is 10.1. The first kappa shape index (κ1) is 24.2. The van der Waals surface area contributed by atoms with Crippen LogP contribution in [-0.4, -0.2) is 56.1 Å². The molecule has 3 aromatic rings. The van der Waals surface area contributed by atoms with Crippen LogP contribution in [0, 0.1) is 6.92 Å². The van der Waals surface area contributed by atoms with Crippen LogP contribution >= 0.6 is 15.9 Å². The number of halogens is 1. The number of carbonyl (C=O) groups excluding carboxylic acids is 1. The van der Waals surface area contributed by atoms with E-state index in [0.29, 0.717) is 54.9 Å². The molecule has 0 saturated carbocycles. The lowest BCUT2D eigenvalue weighted by molar-refractivity contribution is -0.138. The van der Waals surface area contributed by atoms with Crippen LogP contribution in [0.4, 0.5) is 0 Å². The number of hydrogen-bond acceptors (Lipinski definition) is 7. The van der Waals surface area contributed by atoms with Gasteiger partial charge in [-0.1, -0.05) is 35.5 Å². The van der Waals surface area contributed by atoms with Gasteiger partial charge in [0.25, 0.3) is 0 Å². The predicted octanol–water partition coefficient (Wildman–Crippen LogP) is 4.21. The van der Waals surface area contributed by atoms with Gasteiger partial charge in [0.15, 0.2) is 4.67 Å². The highest BCUT2D eigenvalue weighted by Crippen LogP contribution is 2.27. The Balaban J connectivity index is 1.68. The highest BCUT2D eigenvalue weighted by molar-refractivity contribution is 9.10. The van der Waals surface area contributed by atoms with Crippen molar-refractivity contribution in [2.45, 2.75) is 20.0 Å². The van der Waals surface area contributed by atoms with Gasteiger partial charge in [0, 0.05) is 18.2 Å². The lowest BCUT2D eigenvalue weighted by Crippen LogP contribution is -2.33. The number of aromatic nitrogens is 1. The number of ether oxygens (including phenoxy) is 3. The second-order valence-electron chi connectivity index (χ2n) is 7.05. The normalized spacial score (nSPS) is 11.1. The Labute approximate surface area is 195 Å². The number of benzene rings is 1. The molecule has 0 unspecified atom stereocenters. The minimum absolute atomic E-state index is 0.0689. The van der Waals surface area contributed by atoms with E-state index < -0.39 is 0 Å². The summed E-state index contributed by atoms with van der Waals surface area (Å²) in [5, 5.41) is 4.22. The van der Waals surface area contributed by atoms with Gasteiger partial charge in [-0.15, -0.1) is 0 Å². The Bertz CT molecular complexity index is 972. The standard InChI is InChI=1S/C23H27BrN2O6/c1-17-20(23(25-32-17)18-6-4-3-5-7-18)15-26(14-19-8-9-21(24)31-19)22(27)16-30-13-12-29-11-10-28-2/h3-9H,10-16H2,1-2H3. The molecule has 0 spiro atoms. The Kier molecular flexibility index (Phi) is 9.48. The number of nitrogens with zero attached hydrogens (tertiary/aromatic N) is 2. The third-order valence-corrected chi connectivity index (χ3v) is 5.16. The number of rotatable bonds is 13. The lowest BCUT2D eigenvalue weighted by Gasteiger charge is -2.22. The molecular formula is C23H27BrN2O6. The molecule has 0 aliphatic carbocycles. The van der Waals surface area contributed by atoms with Crippen molar-refractivity contribution in [1.29, 1.82) is 0 Å². The number of furan rings is 1. The maximum atomic E-state index is 13.0. The highest BCUT2D eigenvalue weighted by atomic mass is 79.9. The number of amides is 1. The molecule has 2 aromatic heterocycles. The van der Waals surface area contributed by atoms with Crippen LogP contribution in [0.1, 0.15) is 17.1 Å². The molecule has 9 heteroatoms. The summed E-state index contributed by atoms with van der Waals surface area (Å²) < 4.78 is 27.5. The number of carbonyl (C=O) groups is 1. The molecule has 0 N–H and O–H groups in total. The Hall–Kier alpha value is -2.46. The van der Waals surface area contributed by atoms with E-state index >= 15 is 0 Å². The van der Waals surface area contributed by atoms with Crippen LogP contribution in [0.5, 0.6) is 0 Å². The Morgan fingerprint density at radius 1 is 1.03 bits per heavy atom. The Morgan fingerprint density at radius 2 is 1.78 bits per heavy atom. The average Bonchev–Trinajstić information content (AvgIpc) is 3.38.